The van der Waals surface area contributed by atoms with Crippen molar-refractivity contribution in [3.8, 4) is 0 Å². The van der Waals surface area contributed by atoms with Crippen molar-refractivity contribution in [3.05, 3.63) is 29.0 Å². The molecule has 0 unspecified atom stereocenters. The van der Waals surface area contributed by atoms with E-state index in [1.807, 2.05) is 4.72 Å². The molecule has 0 aromatic heterocycles. The van der Waals surface area contributed by atoms with Gasteiger partial charge in [-0.25, -0.2) is 12.8 Å². The van der Waals surface area contributed by atoms with Gasteiger partial charge in [-0.2, -0.15) is 0 Å². The van der Waals surface area contributed by atoms with E-state index in [1.165, 1.54) is 12.1 Å². The summed E-state index contributed by atoms with van der Waals surface area (Å²) in [4.78, 5) is 0. The molecule has 0 aliphatic rings. The number of halogens is 2. The maximum Gasteiger partial charge on any atom is 0.229 e. The number of rotatable bonds is 2. The van der Waals surface area contributed by atoms with E-state index in [4.69, 9.17) is 11.6 Å². The third kappa shape index (κ3) is 3.20. The molecule has 0 fully saturated rings. The Kier molecular flexibility index (Phi) is 2.77. The monoisotopic (exact) mass is 223 g/mol. The van der Waals surface area contributed by atoms with Crippen LogP contribution in [-0.4, -0.2) is 14.7 Å². The van der Waals surface area contributed by atoms with Gasteiger partial charge in [0.25, 0.3) is 0 Å². The summed E-state index contributed by atoms with van der Waals surface area (Å²) in [5.74, 6) is -0.696. The largest absolute Gasteiger partial charge is 0.281 e. The van der Waals surface area contributed by atoms with Gasteiger partial charge in [-0.1, -0.05) is 11.6 Å². The highest BCUT2D eigenvalue weighted by Gasteiger charge is 2.06. The Labute approximate surface area is 80.6 Å². The Hall–Kier alpha value is -0.810. The maximum absolute atomic E-state index is 13.0. The molecule has 0 radical (unpaired) electrons. The van der Waals surface area contributed by atoms with Crippen LogP contribution in [0.1, 0.15) is 0 Å². The molecule has 3 nitrogen and oxygen atoms in total. The van der Waals surface area contributed by atoms with Crippen LogP contribution in [0.3, 0.4) is 0 Å². The number of benzene rings is 1. The molecular formula is C7H7ClFNO2S. The van der Waals surface area contributed by atoms with E-state index in [1.54, 1.807) is 0 Å². The maximum atomic E-state index is 13.0. The fourth-order valence-corrected chi connectivity index (χ4v) is 1.50. The second kappa shape index (κ2) is 3.51. The smallest absolute Gasteiger partial charge is 0.229 e. The molecule has 1 N–H and O–H groups in total. The lowest BCUT2D eigenvalue weighted by Crippen LogP contribution is -2.10. The standard InChI is InChI=1S/C7H7ClFNO2S/c1-13(11,12)10-7-3-2-5(8)4-6(7)9/h2-4,10H,1H3. The van der Waals surface area contributed by atoms with Gasteiger partial charge in [0.15, 0.2) is 0 Å². The van der Waals surface area contributed by atoms with Crippen molar-refractivity contribution in [3.63, 3.8) is 0 Å². The normalized spacial score (nSPS) is 11.3. The van der Waals surface area contributed by atoms with E-state index < -0.39 is 15.8 Å². The minimum Gasteiger partial charge on any atom is -0.281 e. The minimum absolute atomic E-state index is 0.105. The molecule has 0 saturated carbocycles. The number of hydrogen-bond donors (Lipinski definition) is 1. The lowest BCUT2D eigenvalue weighted by Gasteiger charge is -2.04. The third-order valence-electron chi connectivity index (χ3n) is 1.23. The Morgan fingerprint density at radius 3 is 2.54 bits per heavy atom. The zero-order chi connectivity index (χ0) is 10.1. The number of sulfonamides is 1. The second-order valence-electron chi connectivity index (χ2n) is 2.50. The molecule has 0 aliphatic carbocycles. The van der Waals surface area contributed by atoms with Gasteiger partial charge >= 0.3 is 0 Å². The van der Waals surface area contributed by atoms with Crippen LogP contribution in [-0.2, 0) is 10.0 Å². The molecule has 72 valence electrons. The van der Waals surface area contributed by atoms with Crippen molar-refractivity contribution in [1.82, 2.24) is 0 Å². The number of anilines is 1. The summed E-state index contributed by atoms with van der Waals surface area (Å²) >= 11 is 5.47. The van der Waals surface area contributed by atoms with Crippen LogP contribution in [0.15, 0.2) is 18.2 Å². The SMILES string of the molecule is CS(=O)(=O)Nc1ccc(Cl)cc1F. The second-order valence-corrected chi connectivity index (χ2v) is 4.68. The van der Waals surface area contributed by atoms with Crippen molar-refractivity contribution in [2.24, 2.45) is 0 Å². The highest BCUT2D eigenvalue weighted by Crippen LogP contribution is 2.19. The van der Waals surface area contributed by atoms with Gasteiger partial charge in [0.1, 0.15) is 5.82 Å². The molecule has 0 spiro atoms. The summed E-state index contributed by atoms with van der Waals surface area (Å²) in [5, 5.41) is 0.219. The van der Waals surface area contributed by atoms with Crippen LogP contribution < -0.4 is 4.72 Å². The van der Waals surface area contributed by atoms with E-state index in [-0.39, 0.29) is 10.7 Å². The van der Waals surface area contributed by atoms with Crippen LogP contribution in [0.25, 0.3) is 0 Å². The van der Waals surface area contributed by atoms with Crippen LogP contribution in [0, 0.1) is 5.82 Å². The van der Waals surface area contributed by atoms with Crippen molar-refractivity contribution < 1.29 is 12.8 Å². The number of nitrogens with one attached hydrogen (secondary N) is 1. The van der Waals surface area contributed by atoms with E-state index in [9.17, 15) is 12.8 Å². The molecule has 1 aromatic carbocycles. The molecule has 6 heteroatoms. The Bertz CT molecular complexity index is 419. The summed E-state index contributed by atoms with van der Waals surface area (Å²) in [6.07, 6.45) is 0.945. The molecular weight excluding hydrogens is 217 g/mol. The Morgan fingerprint density at radius 2 is 2.08 bits per heavy atom. The van der Waals surface area contributed by atoms with E-state index in [0.29, 0.717) is 0 Å². The average molecular weight is 224 g/mol. The van der Waals surface area contributed by atoms with Crippen molar-refractivity contribution in [1.29, 1.82) is 0 Å². The van der Waals surface area contributed by atoms with Crippen molar-refractivity contribution in [2.45, 2.75) is 0 Å². The zero-order valence-electron chi connectivity index (χ0n) is 6.71. The van der Waals surface area contributed by atoms with Gasteiger partial charge in [0.05, 0.1) is 11.9 Å². The van der Waals surface area contributed by atoms with Crippen LogP contribution in [0.5, 0.6) is 0 Å². The molecule has 1 aromatic rings. The van der Waals surface area contributed by atoms with E-state index in [0.717, 1.165) is 12.3 Å². The molecule has 0 heterocycles. The van der Waals surface area contributed by atoms with Crippen molar-refractivity contribution >= 4 is 27.3 Å². The predicted octanol–water partition coefficient (Wildman–Crippen LogP) is 1.85. The summed E-state index contributed by atoms with van der Waals surface area (Å²) in [7, 11) is -3.45. The fourth-order valence-electron chi connectivity index (χ4n) is 0.772. The quantitative estimate of drug-likeness (QED) is 0.832. The Balaban J connectivity index is 3.04. The Morgan fingerprint density at radius 1 is 1.46 bits per heavy atom. The summed E-state index contributed by atoms with van der Waals surface area (Å²) < 4.78 is 36.4. The van der Waals surface area contributed by atoms with E-state index >= 15 is 0 Å². The molecule has 0 amide bonds. The first-order chi connectivity index (χ1) is 5.88. The fraction of sp³-hybridized carbons (Fsp3) is 0.143. The topological polar surface area (TPSA) is 46.2 Å². The van der Waals surface area contributed by atoms with Gasteiger partial charge in [0.2, 0.25) is 10.0 Å². The molecule has 0 aliphatic heterocycles. The van der Waals surface area contributed by atoms with Crippen LogP contribution in [0.4, 0.5) is 10.1 Å². The first-order valence-corrected chi connectivity index (χ1v) is 5.58. The molecule has 0 saturated heterocycles. The minimum atomic E-state index is -3.45. The van der Waals surface area contributed by atoms with Gasteiger partial charge in [-0.05, 0) is 18.2 Å². The summed E-state index contributed by atoms with van der Waals surface area (Å²) in [5.41, 5.74) is -0.105. The van der Waals surface area contributed by atoms with Crippen LogP contribution in [0.2, 0.25) is 5.02 Å². The summed E-state index contributed by atoms with van der Waals surface area (Å²) in [6.45, 7) is 0. The molecule has 13 heavy (non-hydrogen) atoms. The van der Waals surface area contributed by atoms with E-state index in [2.05, 4.69) is 0 Å². The predicted molar refractivity (Wildman–Crippen MR) is 49.9 cm³/mol. The van der Waals surface area contributed by atoms with Crippen LogP contribution >= 0.6 is 11.6 Å². The van der Waals surface area contributed by atoms with Gasteiger partial charge in [-0.3, -0.25) is 4.72 Å². The molecule has 0 atom stereocenters. The summed E-state index contributed by atoms with van der Waals surface area (Å²) in [6, 6.07) is 3.70. The first kappa shape index (κ1) is 10.3. The first-order valence-electron chi connectivity index (χ1n) is 3.31. The lowest BCUT2D eigenvalue weighted by molar-refractivity contribution is 0.603. The van der Waals surface area contributed by atoms with Gasteiger partial charge in [0, 0.05) is 5.02 Å². The molecule has 0 bridgehead atoms. The third-order valence-corrected chi connectivity index (χ3v) is 2.05. The highest BCUT2D eigenvalue weighted by molar-refractivity contribution is 7.92. The highest BCUT2D eigenvalue weighted by atomic mass is 35.5. The number of hydrogen-bond acceptors (Lipinski definition) is 2. The zero-order valence-corrected chi connectivity index (χ0v) is 8.29. The van der Waals surface area contributed by atoms with Gasteiger partial charge in [-0.15, -0.1) is 0 Å². The van der Waals surface area contributed by atoms with Gasteiger partial charge < -0.3 is 0 Å². The van der Waals surface area contributed by atoms with Crippen molar-refractivity contribution in [2.75, 3.05) is 11.0 Å². The average Bonchev–Trinajstić information content (AvgIpc) is 1.93. The lowest BCUT2D eigenvalue weighted by atomic mass is 10.3. The molecule has 1 rings (SSSR count).